The Morgan fingerprint density at radius 1 is 1.57 bits per heavy atom. The molecule has 0 radical (unpaired) electrons. The molecule has 0 aromatic rings. The monoisotopic (exact) mass is 196 g/mol. The summed E-state index contributed by atoms with van der Waals surface area (Å²) in [6.45, 7) is 2.63. The van der Waals surface area contributed by atoms with Gasteiger partial charge in [-0.1, -0.05) is 6.92 Å². The zero-order valence-corrected chi connectivity index (χ0v) is 8.88. The molecule has 80 valence electrons. The summed E-state index contributed by atoms with van der Waals surface area (Å²) in [6.07, 6.45) is 5.78. The Labute approximate surface area is 85.4 Å². The van der Waals surface area contributed by atoms with E-state index < -0.39 is 0 Å². The molecule has 0 saturated heterocycles. The molecule has 3 nitrogen and oxygen atoms in total. The average Bonchev–Trinajstić information content (AvgIpc) is 2.92. The fourth-order valence-electron chi connectivity index (χ4n) is 2.17. The van der Waals surface area contributed by atoms with Gasteiger partial charge in [-0.25, -0.2) is 0 Å². The van der Waals surface area contributed by atoms with Crippen molar-refractivity contribution >= 4 is 5.91 Å². The lowest BCUT2D eigenvalue weighted by atomic mass is 9.76. The van der Waals surface area contributed by atoms with Gasteiger partial charge in [0.15, 0.2) is 0 Å². The Morgan fingerprint density at radius 2 is 2.21 bits per heavy atom. The molecule has 3 heteroatoms. The molecule has 2 aliphatic rings. The number of hydrogen-bond donors (Lipinski definition) is 2. The minimum absolute atomic E-state index is 0.0414. The van der Waals surface area contributed by atoms with E-state index in [1.165, 1.54) is 19.3 Å². The summed E-state index contributed by atoms with van der Waals surface area (Å²) in [6, 6.07) is 0. The number of carbonyl (C=O) groups is 1. The van der Waals surface area contributed by atoms with E-state index in [1.54, 1.807) is 0 Å². The van der Waals surface area contributed by atoms with Gasteiger partial charge in [0.2, 0.25) is 5.91 Å². The summed E-state index contributed by atoms with van der Waals surface area (Å²) in [5.41, 5.74) is 5.65. The highest BCUT2D eigenvalue weighted by atomic mass is 16.2. The maximum Gasteiger partial charge on any atom is 0.223 e. The van der Waals surface area contributed by atoms with E-state index in [2.05, 4.69) is 5.32 Å². The molecule has 0 aromatic carbocycles. The van der Waals surface area contributed by atoms with E-state index in [4.69, 9.17) is 5.73 Å². The molecule has 1 atom stereocenters. The average molecular weight is 196 g/mol. The van der Waals surface area contributed by atoms with Crippen LogP contribution in [0, 0.1) is 11.8 Å². The highest BCUT2D eigenvalue weighted by molar-refractivity contribution is 5.79. The quantitative estimate of drug-likeness (QED) is 0.705. The second-order valence-corrected chi connectivity index (χ2v) is 4.95. The molecule has 1 unspecified atom stereocenters. The molecule has 1 amide bonds. The van der Waals surface area contributed by atoms with Crippen LogP contribution in [0.5, 0.6) is 0 Å². The summed E-state index contributed by atoms with van der Waals surface area (Å²) >= 11 is 0. The number of rotatable bonds is 4. The van der Waals surface area contributed by atoms with Crippen LogP contribution in [-0.4, -0.2) is 18.0 Å². The molecule has 0 heterocycles. The summed E-state index contributed by atoms with van der Waals surface area (Å²) in [4.78, 5) is 11.8. The normalized spacial score (nSPS) is 26.4. The molecule has 3 N–H and O–H groups in total. The summed E-state index contributed by atoms with van der Waals surface area (Å²) in [5, 5.41) is 3.14. The van der Waals surface area contributed by atoms with E-state index in [1.807, 2.05) is 6.92 Å². The Morgan fingerprint density at radius 3 is 2.57 bits per heavy atom. The Hall–Kier alpha value is -0.570. The molecule has 2 fully saturated rings. The number of nitrogens with one attached hydrogen (secondary N) is 1. The van der Waals surface area contributed by atoms with Crippen LogP contribution >= 0.6 is 0 Å². The van der Waals surface area contributed by atoms with Crippen molar-refractivity contribution in [2.24, 2.45) is 17.6 Å². The van der Waals surface area contributed by atoms with Gasteiger partial charge in [0.1, 0.15) is 0 Å². The first kappa shape index (κ1) is 9.97. The maximum absolute atomic E-state index is 11.8. The van der Waals surface area contributed by atoms with Crippen LogP contribution in [0.3, 0.4) is 0 Å². The standard InChI is InChI=1S/C11H20N2O/c1-8(9-3-4-9)10(14)13-11(7-12)5-2-6-11/h8-9H,2-7,12H2,1H3,(H,13,14). The highest BCUT2D eigenvalue weighted by Crippen LogP contribution is 2.38. The van der Waals surface area contributed by atoms with Crippen LogP contribution in [0.4, 0.5) is 0 Å². The summed E-state index contributed by atoms with van der Waals surface area (Å²) in [7, 11) is 0. The Balaban J connectivity index is 1.86. The fourth-order valence-corrected chi connectivity index (χ4v) is 2.17. The molecule has 14 heavy (non-hydrogen) atoms. The van der Waals surface area contributed by atoms with Gasteiger partial charge in [0, 0.05) is 12.5 Å². The molecular weight excluding hydrogens is 176 g/mol. The van der Waals surface area contributed by atoms with Crippen LogP contribution in [0.25, 0.3) is 0 Å². The molecule has 0 spiro atoms. The van der Waals surface area contributed by atoms with E-state index in [0.717, 1.165) is 12.8 Å². The third-order valence-corrected chi connectivity index (χ3v) is 3.83. The highest BCUT2D eigenvalue weighted by Gasteiger charge is 2.40. The number of carbonyl (C=O) groups excluding carboxylic acids is 1. The first-order valence-electron chi connectivity index (χ1n) is 5.69. The van der Waals surface area contributed by atoms with Crippen LogP contribution in [0.1, 0.15) is 39.0 Å². The number of nitrogens with two attached hydrogens (primary N) is 1. The smallest absolute Gasteiger partial charge is 0.223 e. The molecule has 0 bridgehead atoms. The third kappa shape index (κ3) is 1.78. The second kappa shape index (κ2) is 3.54. The fraction of sp³-hybridized carbons (Fsp3) is 0.909. The minimum atomic E-state index is -0.0414. The van der Waals surface area contributed by atoms with Crippen molar-refractivity contribution in [3.8, 4) is 0 Å². The van der Waals surface area contributed by atoms with Crippen molar-refractivity contribution in [1.82, 2.24) is 5.32 Å². The first-order valence-corrected chi connectivity index (χ1v) is 5.69. The molecular formula is C11H20N2O. The van der Waals surface area contributed by atoms with Crippen LogP contribution < -0.4 is 11.1 Å². The first-order chi connectivity index (χ1) is 6.67. The van der Waals surface area contributed by atoms with Crippen molar-refractivity contribution in [1.29, 1.82) is 0 Å². The second-order valence-electron chi connectivity index (χ2n) is 4.95. The van der Waals surface area contributed by atoms with Gasteiger partial charge >= 0.3 is 0 Å². The summed E-state index contributed by atoms with van der Waals surface area (Å²) < 4.78 is 0. The zero-order valence-electron chi connectivity index (χ0n) is 8.88. The van der Waals surface area contributed by atoms with Crippen molar-refractivity contribution in [2.75, 3.05) is 6.54 Å². The predicted octanol–water partition coefficient (Wildman–Crippen LogP) is 1.03. The largest absolute Gasteiger partial charge is 0.349 e. The van der Waals surface area contributed by atoms with Crippen LogP contribution in [0.15, 0.2) is 0 Å². The maximum atomic E-state index is 11.8. The lowest BCUT2D eigenvalue weighted by molar-refractivity contribution is -0.128. The topological polar surface area (TPSA) is 55.1 Å². The third-order valence-electron chi connectivity index (χ3n) is 3.83. The Bertz CT molecular complexity index is 226. The number of amides is 1. The SMILES string of the molecule is CC(C(=O)NC1(CN)CCC1)C1CC1. The van der Waals surface area contributed by atoms with Gasteiger partial charge in [-0.15, -0.1) is 0 Å². The van der Waals surface area contributed by atoms with E-state index in [-0.39, 0.29) is 17.4 Å². The molecule has 2 aliphatic carbocycles. The lowest BCUT2D eigenvalue weighted by Crippen LogP contribution is -2.59. The molecule has 2 rings (SSSR count). The van der Waals surface area contributed by atoms with Crippen molar-refractivity contribution < 1.29 is 4.79 Å². The molecule has 0 aliphatic heterocycles. The summed E-state index contributed by atoms with van der Waals surface area (Å²) in [5.74, 6) is 1.06. The minimum Gasteiger partial charge on any atom is -0.349 e. The van der Waals surface area contributed by atoms with Gasteiger partial charge < -0.3 is 11.1 Å². The van der Waals surface area contributed by atoms with Crippen molar-refractivity contribution in [2.45, 2.75) is 44.6 Å². The zero-order chi connectivity index (χ0) is 10.2. The predicted molar refractivity (Wildman–Crippen MR) is 55.7 cm³/mol. The van der Waals surface area contributed by atoms with Gasteiger partial charge in [-0.05, 0) is 38.0 Å². The van der Waals surface area contributed by atoms with Crippen LogP contribution in [-0.2, 0) is 4.79 Å². The van der Waals surface area contributed by atoms with E-state index in [0.29, 0.717) is 12.5 Å². The van der Waals surface area contributed by atoms with Crippen molar-refractivity contribution in [3.63, 3.8) is 0 Å². The van der Waals surface area contributed by atoms with Crippen LogP contribution in [0.2, 0.25) is 0 Å². The van der Waals surface area contributed by atoms with Crippen molar-refractivity contribution in [3.05, 3.63) is 0 Å². The Kier molecular flexibility index (Phi) is 2.52. The molecule has 0 aromatic heterocycles. The van der Waals surface area contributed by atoms with Gasteiger partial charge in [0.05, 0.1) is 5.54 Å². The number of hydrogen-bond acceptors (Lipinski definition) is 2. The van der Waals surface area contributed by atoms with Gasteiger partial charge in [-0.3, -0.25) is 4.79 Å². The lowest BCUT2D eigenvalue weighted by Gasteiger charge is -2.42. The molecule has 2 saturated carbocycles. The van der Waals surface area contributed by atoms with Gasteiger partial charge in [0.25, 0.3) is 0 Å². The van der Waals surface area contributed by atoms with E-state index in [9.17, 15) is 4.79 Å². The van der Waals surface area contributed by atoms with E-state index >= 15 is 0 Å². The van der Waals surface area contributed by atoms with Gasteiger partial charge in [-0.2, -0.15) is 0 Å².